The number of amides is 1. The summed E-state index contributed by atoms with van der Waals surface area (Å²) in [6, 6.07) is 18.8. The normalized spacial score (nSPS) is 14.5. The van der Waals surface area contributed by atoms with Crippen LogP contribution in [0, 0.1) is 0 Å². The summed E-state index contributed by atoms with van der Waals surface area (Å²) in [7, 11) is -3.38. The molecule has 1 aliphatic heterocycles. The molecule has 1 fully saturated rings. The van der Waals surface area contributed by atoms with Gasteiger partial charge in [0.15, 0.2) is 0 Å². The van der Waals surface area contributed by atoms with Gasteiger partial charge in [-0.2, -0.15) is 4.31 Å². The second-order valence-corrected chi connectivity index (χ2v) is 10.7. The number of carbonyl (C=O) groups is 1. The minimum absolute atomic E-state index is 0.0372. The highest BCUT2D eigenvalue weighted by Crippen LogP contribution is 2.28. The molecule has 3 heterocycles. The van der Waals surface area contributed by atoms with Gasteiger partial charge in [0.25, 0.3) is 5.91 Å². The van der Waals surface area contributed by atoms with E-state index in [0.717, 1.165) is 22.3 Å². The van der Waals surface area contributed by atoms with Crippen molar-refractivity contribution in [3.8, 4) is 22.4 Å². The minimum Gasteiger partial charge on any atom is -0.379 e. The maximum Gasteiger partial charge on any atom is 0.267 e. The first-order valence-electron chi connectivity index (χ1n) is 11.6. The zero-order chi connectivity index (χ0) is 25.8. The van der Waals surface area contributed by atoms with Crippen molar-refractivity contribution in [2.24, 2.45) is 0 Å². The monoisotopic (exact) mass is 537 g/mol. The van der Waals surface area contributed by atoms with Gasteiger partial charge in [-0.25, -0.2) is 13.4 Å². The van der Waals surface area contributed by atoms with Crippen molar-refractivity contribution in [2.75, 3.05) is 26.3 Å². The Hall–Kier alpha value is -3.41. The number of nitrogens with zero attached hydrogens (tertiary/aromatic N) is 3. The van der Waals surface area contributed by atoms with E-state index >= 15 is 0 Å². The van der Waals surface area contributed by atoms with Gasteiger partial charge in [0.2, 0.25) is 10.0 Å². The summed E-state index contributed by atoms with van der Waals surface area (Å²) >= 11 is 5.46. The maximum atomic E-state index is 12.7. The van der Waals surface area contributed by atoms with E-state index in [1.807, 2.05) is 48.5 Å². The van der Waals surface area contributed by atoms with Crippen LogP contribution in [0.1, 0.15) is 15.9 Å². The lowest BCUT2D eigenvalue weighted by Crippen LogP contribution is -2.41. The molecule has 0 aliphatic carbocycles. The molecule has 2 N–H and O–H groups in total. The molecule has 0 atom stereocenters. The van der Waals surface area contributed by atoms with Crippen molar-refractivity contribution in [1.82, 2.24) is 24.6 Å². The Labute approximate surface area is 219 Å². The number of hydrogen-bond donors (Lipinski definition) is 2. The van der Waals surface area contributed by atoms with Crippen molar-refractivity contribution >= 4 is 38.6 Å². The Kier molecular flexibility index (Phi) is 7.45. The third-order valence-corrected chi connectivity index (χ3v) is 8.14. The molecule has 1 saturated heterocycles. The molecule has 1 aliphatic rings. The summed E-state index contributed by atoms with van der Waals surface area (Å²) in [5.74, 6) is -0.436. The topological polar surface area (TPSA) is 114 Å². The van der Waals surface area contributed by atoms with Crippen molar-refractivity contribution < 1.29 is 17.9 Å². The quantitative estimate of drug-likeness (QED) is 0.274. The average Bonchev–Trinajstić information content (AvgIpc) is 2.93. The molecular weight excluding hydrogens is 514 g/mol. The summed E-state index contributed by atoms with van der Waals surface area (Å²) in [5.41, 5.74) is 7.55. The van der Waals surface area contributed by atoms with Crippen LogP contribution in [0.15, 0.2) is 73.1 Å². The van der Waals surface area contributed by atoms with Gasteiger partial charge in [0.1, 0.15) is 0 Å². The predicted octanol–water partition coefficient (Wildman–Crippen LogP) is 3.51. The van der Waals surface area contributed by atoms with Gasteiger partial charge < -0.3 is 4.74 Å². The van der Waals surface area contributed by atoms with Gasteiger partial charge in [0.05, 0.1) is 35.7 Å². The lowest BCUT2D eigenvalue weighted by Gasteiger charge is -2.26. The Morgan fingerprint density at radius 2 is 1.62 bits per heavy atom. The summed E-state index contributed by atoms with van der Waals surface area (Å²) in [5, 5.41) is 0.614. The van der Waals surface area contributed by atoms with Crippen molar-refractivity contribution in [3.05, 3.63) is 84.2 Å². The largest absolute Gasteiger partial charge is 0.379 e. The van der Waals surface area contributed by atoms with E-state index in [9.17, 15) is 13.2 Å². The Morgan fingerprint density at radius 1 is 0.973 bits per heavy atom. The fraction of sp³-hybridized carbons (Fsp3) is 0.192. The van der Waals surface area contributed by atoms with E-state index in [2.05, 4.69) is 15.4 Å². The fourth-order valence-electron chi connectivity index (χ4n) is 4.27. The molecule has 0 bridgehead atoms. The number of pyridine rings is 2. The van der Waals surface area contributed by atoms with Gasteiger partial charge in [-0.15, -0.1) is 4.94 Å². The number of aromatic nitrogens is 2. The second-order valence-electron chi connectivity index (χ2n) is 8.54. The number of sulfonamides is 1. The first-order valence-corrected chi connectivity index (χ1v) is 13.6. The molecule has 2 aromatic heterocycles. The van der Waals surface area contributed by atoms with Crippen LogP contribution in [0.3, 0.4) is 0 Å². The zero-order valence-corrected chi connectivity index (χ0v) is 21.3. The van der Waals surface area contributed by atoms with Crippen LogP contribution in [0.5, 0.6) is 0 Å². The highest BCUT2D eigenvalue weighted by molar-refractivity contribution is 7.88. The summed E-state index contributed by atoms with van der Waals surface area (Å²) in [6.45, 7) is 1.65. The average molecular weight is 538 g/mol. The first-order chi connectivity index (χ1) is 17.9. The number of halogens is 1. The maximum absolute atomic E-state index is 12.7. The van der Waals surface area contributed by atoms with E-state index in [-0.39, 0.29) is 5.75 Å². The number of fused-ring (bicyclic) bond motifs is 1. The minimum atomic E-state index is -3.38. The van der Waals surface area contributed by atoms with Crippen LogP contribution in [-0.4, -0.2) is 54.9 Å². The van der Waals surface area contributed by atoms with Gasteiger partial charge >= 0.3 is 0 Å². The summed E-state index contributed by atoms with van der Waals surface area (Å²) in [4.78, 5) is 23.5. The molecular formula is C26H24ClN5O4S. The van der Waals surface area contributed by atoms with Crippen molar-refractivity contribution in [3.63, 3.8) is 0 Å². The van der Waals surface area contributed by atoms with E-state index < -0.39 is 15.9 Å². The van der Waals surface area contributed by atoms with Gasteiger partial charge in [0, 0.05) is 36.4 Å². The lowest BCUT2D eigenvalue weighted by molar-refractivity contribution is 0.0729. The molecule has 0 radical (unpaired) electrons. The molecule has 4 aromatic rings. The van der Waals surface area contributed by atoms with Crippen molar-refractivity contribution in [2.45, 2.75) is 5.75 Å². The first kappa shape index (κ1) is 25.2. The van der Waals surface area contributed by atoms with E-state index in [1.165, 1.54) is 4.31 Å². The zero-order valence-electron chi connectivity index (χ0n) is 19.7. The van der Waals surface area contributed by atoms with Gasteiger partial charge in [-0.1, -0.05) is 48.5 Å². The Bertz CT molecular complexity index is 1520. The van der Waals surface area contributed by atoms with Crippen LogP contribution >= 0.6 is 11.8 Å². The number of carbonyl (C=O) groups excluding carboxylic acids is 1. The van der Waals surface area contributed by atoms with Crippen LogP contribution < -0.4 is 10.4 Å². The molecule has 37 heavy (non-hydrogen) atoms. The summed E-state index contributed by atoms with van der Waals surface area (Å²) < 4.78 is 32.1. The number of nitrogens with one attached hydrogen (secondary N) is 2. The molecule has 190 valence electrons. The fourth-order valence-corrected chi connectivity index (χ4v) is 5.86. The SMILES string of the molecule is O=C(NNCl)c1cc(-c2ccc(-c3ccc(CS(=O)(=O)N4CCOCC4)cc3)cc2)nc2ccncc12. The molecule has 2 aromatic carbocycles. The van der Waals surface area contributed by atoms with Crippen LogP contribution in [0.25, 0.3) is 33.3 Å². The molecule has 0 spiro atoms. The lowest BCUT2D eigenvalue weighted by atomic mass is 10.0. The Balaban J connectivity index is 1.36. The van der Waals surface area contributed by atoms with Crippen molar-refractivity contribution in [1.29, 1.82) is 0 Å². The van der Waals surface area contributed by atoms with E-state index in [0.29, 0.717) is 48.5 Å². The smallest absolute Gasteiger partial charge is 0.267 e. The molecule has 9 nitrogen and oxygen atoms in total. The molecule has 1 amide bonds. The van der Waals surface area contributed by atoms with Crippen LogP contribution in [0.4, 0.5) is 0 Å². The second kappa shape index (κ2) is 10.9. The highest BCUT2D eigenvalue weighted by Gasteiger charge is 2.24. The molecule has 5 rings (SSSR count). The number of rotatable bonds is 7. The summed E-state index contributed by atoms with van der Waals surface area (Å²) in [6.07, 6.45) is 3.22. The van der Waals surface area contributed by atoms with Crippen LogP contribution in [-0.2, 0) is 20.5 Å². The highest BCUT2D eigenvalue weighted by atomic mass is 35.5. The third-order valence-electron chi connectivity index (χ3n) is 6.20. The van der Waals surface area contributed by atoms with E-state index in [1.54, 1.807) is 24.5 Å². The third kappa shape index (κ3) is 5.63. The molecule has 0 unspecified atom stereocenters. The van der Waals surface area contributed by atoms with Gasteiger partial charge in [-0.3, -0.25) is 15.2 Å². The number of hydrogen-bond acceptors (Lipinski definition) is 7. The predicted molar refractivity (Wildman–Crippen MR) is 142 cm³/mol. The molecule has 11 heteroatoms. The van der Waals surface area contributed by atoms with Gasteiger partial charge in [-0.05, 0) is 40.6 Å². The van der Waals surface area contributed by atoms with Crippen LogP contribution in [0.2, 0.25) is 0 Å². The Morgan fingerprint density at radius 3 is 2.30 bits per heavy atom. The standard InChI is InChI=1S/C26H24ClN5O4S/c27-31-30-26(33)22-15-25(29-24-9-10-28-16-23(22)24)21-7-5-20(6-8-21)19-3-1-18(2-4-19)17-37(34,35)32-11-13-36-14-12-32/h1-10,15-16,31H,11-14,17H2,(H,30,33). The number of morpholine rings is 1. The van der Waals surface area contributed by atoms with E-state index in [4.69, 9.17) is 21.5 Å². The number of hydrazine groups is 1. The number of benzene rings is 2. The molecule has 0 saturated carbocycles. The number of ether oxygens (including phenoxy) is 1.